The summed E-state index contributed by atoms with van der Waals surface area (Å²) in [4.78, 5) is 2.53. The molecule has 2 N–H and O–H groups in total. The number of rotatable bonds is 4. The van der Waals surface area contributed by atoms with E-state index in [2.05, 4.69) is 4.90 Å². The lowest BCUT2D eigenvalue weighted by Gasteiger charge is -2.31. The number of ether oxygens (including phenoxy) is 1. The van der Waals surface area contributed by atoms with Crippen molar-refractivity contribution >= 4 is 17.2 Å². The molecule has 0 aromatic carbocycles. The van der Waals surface area contributed by atoms with E-state index in [1.165, 1.54) is 0 Å². The van der Waals surface area contributed by atoms with Gasteiger partial charge in [-0.3, -0.25) is 9.29 Å². The maximum atomic E-state index is 11.9. The van der Waals surface area contributed by atoms with Gasteiger partial charge in [0.25, 0.3) is 0 Å². The molecule has 0 aromatic heterocycles. The van der Waals surface area contributed by atoms with Gasteiger partial charge < -0.3 is 10.5 Å². The van der Waals surface area contributed by atoms with E-state index in [0.717, 1.165) is 13.1 Å². The SMILES string of the molecule is NC(=S)C1CN(CCCF)CCO1. The first kappa shape index (κ1) is 10.8. The maximum Gasteiger partial charge on any atom is 0.120 e. The highest BCUT2D eigenvalue weighted by Gasteiger charge is 2.21. The number of hydrogen-bond acceptors (Lipinski definition) is 3. The molecule has 1 aliphatic rings. The smallest absolute Gasteiger partial charge is 0.120 e. The van der Waals surface area contributed by atoms with E-state index in [0.29, 0.717) is 24.6 Å². The fourth-order valence-corrected chi connectivity index (χ4v) is 1.50. The van der Waals surface area contributed by atoms with Gasteiger partial charge in [0.15, 0.2) is 0 Å². The Bertz CT molecular complexity index is 180. The lowest BCUT2D eigenvalue weighted by molar-refractivity contribution is 0.00634. The molecule has 1 fully saturated rings. The molecule has 0 aromatic rings. The summed E-state index contributed by atoms with van der Waals surface area (Å²) in [5.41, 5.74) is 5.46. The van der Waals surface area contributed by atoms with Crippen molar-refractivity contribution in [2.75, 3.05) is 32.9 Å². The van der Waals surface area contributed by atoms with Crippen molar-refractivity contribution in [3.63, 3.8) is 0 Å². The quantitative estimate of drug-likeness (QED) is 0.673. The minimum Gasteiger partial charge on any atom is -0.391 e. The first-order chi connectivity index (χ1) is 6.24. The van der Waals surface area contributed by atoms with E-state index in [9.17, 15) is 4.39 Å². The highest BCUT2D eigenvalue weighted by atomic mass is 32.1. The summed E-state index contributed by atoms with van der Waals surface area (Å²) >= 11 is 4.83. The number of nitrogens with zero attached hydrogens (tertiary/aromatic N) is 1. The molecule has 0 bridgehead atoms. The molecular weight excluding hydrogens is 191 g/mol. The number of halogens is 1. The van der Waals surface area contributed by atoms with Crippen molar-refractivity contribution < 1.29 is 9.13 Å². The van der Waals surface area contributed by atoms with Gasteiger partial charge in [-0.25, -0.2) is 0 Å². The molecule has 0 radical (unpaired) electrons. The van der Waals surface area contributed by atoms with E-state index < -0.39 is 0 Å². The third kappa shape index (κ3) is 3.54. The summed E-state index contributed by atoms with van der Waals surface area (Å²) in [6.45, 7) is 2.68. The molecule has 0 amide bonds. The zero-order valence-electron chi connectivity index (χ0n) is 7.54. The molecule has 76 valence electrons. The molecule has 1 aliphatic heterocycles. The first-order valence-electron chi connectivity index (χ1n) is 4.43. The molecular formula is C8H15FN2OS. The molecule has 1 unspecified atom stereocenters. The molecule has 1 rings (SSSR count). The highest BCUT2D eigenvalue weighted by molar-refractivity contribution is 7.80. The van der Waals surface area contributed by atoms with Crippen LogP contribution < -0.4 is 5.73 Å². The van der Waals surface area contributed by atoms with E-state index in [-0.39, 0.29) is 12.8 Å². The summed E-state index contributed by atoms with van der Waals surface area (Å²) in [7, 11) is 0. The second-order valence-corrected chi connectivity index (χ2v) is 3.58. The molecule has 3 nitrogen and oxygen atoms in total. The molecule has 0 spiro atoms. The summed E-state index contributed by atoms with van der Waals surface area (Å²) in [5.74, 6) is 0. The van der Waals surface area contributed by atoms with Crippen LogP contribution in [0.1, 0.15) is 6.42 Å². The average molecular weight is 206 g/mol. The van der Waals surface area contributed by atoms with Crippen molar-refractivity contribution in [2.45, 2.75) is 12.5 Å². The van der Waals surface area contributed by atoms with Crippen LogP contribution in [0.4, 0.5) is 4.39 Å². The Morgan fingerprint density at radius 3 is 3.08 bits per heavy atom. The van der Waals surface area contributed by atoms with Gasteiger partial charge in [-0.15, -0.1) is 0 Å². The number of hydrogen-bond donors (Lipinski definition) is 1. The predicted molar refractivity (Wildman–Crippen MR) is 53.6 cm³/mol. The number of morpholine rings is 1. The third-order valence-electron chi connectivity index (χ3n) is 2.08. The lowest BCUT2D eigenvalue weighted by Crippen LogP contribution is -2.47. The number of thiocarbonyl (C=S) groups is 1. The van der Waals surface area contributed by atoms with Gasteiger partial charge in [-0.2, -0.15) is 0 Å². The summed E-state index contributed by atoms with van der Waals surface area (Å²) < 4.78 is 17.2. The molecule has 1 saturated heterocycles. The Kier molecular flexibility index (Phi) is 4.55. The van der Waals surface area contributed by atoms with E-state index in [1.807, 2.05) is 0 Å². The van der Waals surface area contributed by atoms with Crippen molar-refractivity contribution in [1.82, 2.24) is 4.90 Å². The van der Waals surface area contributed by atoms with Crippen LogP contribution in [0.5, 0.6) is 0 Å². The fraction of sp³-hybridized carbons (Fsp3) is 0.875. The zero-order valence-corrected chi connectivity index (χ0v) is 8.36. The Balaban J connectivity index is 2.29. The van der Waals surface area contributed by atoms with Crippen LogP contribution in [0.25, 0.3) is 0 Å². The second kappa shape index (κ2) is 5.47. The van der Waals surface area contributed by atoms with E-state index in [1.54, 1.807) is 0 Å². The Labute approximate surface area is 83.0 Å². The first-order valence-corrected chi connectivity index (χ1v) is 4.84. The molecule has 1 heterocycles. The Morgan fingerprint density at radius 2 is 2.46 bits per heavy atom. The van der Waals surface area contributed by atoms with Crippen LogP contribution in [0, 0.1) is 0 Å². The van der Waals surface area contributed by atoms with Crippen LogP contribution in [-0.2, 0) is 4.74 Å². The van der Waals surface area contributed by atoms with E-state index in [4.69, 9.17) is 22.7 Å². The molecule has 0 aliphatic carbocycles. The monoisotopic (exact) mass is 206 g/mol. The van der Waals surface area contributed by atoms with Gasteiger partial charge in [-0.1, -0.05) is 12.2 Å². The van der Waals surface area contributed by atoms with Crippen LogP contribution in [0.2, 0.25) is 0 Å². The minimum absolute atomic E-state index is 0.150. The van der Waals surface area contributed by atoms with Crippen molar-refractivity contribution in [3.05, 3.63) is 0 Å². The third-order valence-corrected chi connectivity index (χ3v) is 2.34. The largest absolute Gasteiger partial charge is 0.391 e. The minimum atomic E-state index is -0.269. The Morgan fingerprint density at radius 1 is 1.69 bits per heavy atom. The van der Waals surface area contributed by atoms with Crippen molar-refractivity contribution in [3.8, 4) is 0 Å². The molecule has 5 heteroatoms. The van der Waals surface area contributed by atoms with Crippen LogP contribution in [0.3, 0.4) is 0 Å². The molecule has 13 heavy (non-hydrogen) atoms. The normalized spacial score (nSPS) is 24.5. The molecule has 0 saturated carbocycles. The van der Waals surface area contributed by atoms with Gasteiger partial charge in [0.05, 0.1) is 13.3 Å². The second-order valence-electron chi connectivity index (χ2n) is 3.10. The number of nitrogens with two attached hydrogens (primary N) is 1. The maximum absolute atomic E-state index is 11.9. The average Bonchev–Trinajstić information content (AvgIpc) is 2.15. The van der Waals surface area contributed by atoms with Gasteiger partial charge in [0.1, 0.15) is 11.1 Å². The van der Waals surface area contributed by atoms with Crippen LogP contribution in [0.15, 0.2) is 0 Å². The van der Waals surface area contributed by atoms with Gasteiger partial charge in [0.2, 0.25) is 0 Å². The predicted octanol–water partition coefficient (Wildman–Crippen LogP) is 0.333. The molecule has 1 atom stereocenters. The zero-order chi connectivity index (χ0) is 9.68. The fourth-order valence-electron chi connectivity index (χ4n) is 1.36. The van der Waals surface area contributed by atoms with Gasteiger partial charge in [-0.05, 0) is 6.42 Å². The van der Waals surface area contributed by atoms with Crippen molar-refractivity contribution in [2.24, 2.45) is 5.73 Å². The standard InChI is InChI=1S/C8H15FN2OS/c9-2-1-3-11-4-5-12-7(6-11)8(10)13/h7H,1-6H2,(H2,10,13). The van der Waals surface area contributed by atoms with E-state index >= 15 is 0 Å². The number of alkyl halides is 1. The lowest BCUT2D eigenvalue weighted by atomic mass is 10.2. The topological polar surface area (TPSA) is 38.5 Å². The van der Waals surface area contributed by atoms with Gasteiger partial charge in [0, 0.05) is 19.6 Å². The Hall–Kier alpha value is -0.260. The summed E-state index contributed by atoms with van der Waals surface area (Å²) in [5, 5.41) is 0. The highest BCUT2D eigenvalue weighted by Crippen LogP contribution is 2.05. The van der Waals surface area contributed by atoms with Crippen LogP contribution >= 0.6 is 12.2 Å². The van der Waals surface area contributed by atoms with Crippen LogP contribution in [-0.4, -0.2) is 48.9 Å². The van der Waals surface area contributed by atoms with Crippen molar-refractivity contribution in [1.29, 1.82) is 0 Å². The summed E-state index contributed by atoms with van der Waals surface area (Å²) in [6, 6.07) is 0. The van der Waals surface area contributed by atoms with Gasteiger partial charge >= 0.3 is 0 Å². The summed E-state index contributed by atoms with van der Waals surface area (Å²) in [6.07, 6.45) is 0.424.